The number of benzene rings is 1. The highest BCUT2D eigenvalue weighted by atomic mass is 35.5. The van der Waals surface area contributed by atoms with Crippen molar-refractivity contribution in [2.75, 3.05) is 0 Å². The fourth-order valence-corrected chi connectivity index (χ4v) is 2.49. The summed E-state index contributed by atoms with van der Waals surface area (Å²) in [4.78, 5) is 0. The Bertz CT molecular complexity index is 635. The molecule has 0 aliphatic heterocycles. The van der Waals surface area contributed by atoms with Crippen molar-refractivity contribution in [1.29, 1.82) is 0 Å². The molecule has 2 N–H and O–H groups in total. The first kappa shape index (κ1) is 15.9. The molecule has 0 saturated carbocycles. The summed E-state index contributed by atoms with van der Waals surface area (Å²) in [6, 6.07) is 5.98. The summed E-state index contributed by atoms with van der Waals surface area (Å²) in [5.74, 6) is 0.808. The smallest absolute Gasteiger partial charge is 0.131 e. The first-order valence-corrected chi connectivity index (χ1v) is 7.52. The molecular formula is C16H22ClN3O. The molecule has 114 valence electrons. The Labute approximate surface area is 130 Å². The van der Waals surface area contributed by atoms with Gasteiger partial charge in [-0.3, -0.25) is 4.68 Å². The molecule has 0 aliphatic rings. The normalized spacial score (nSPS) is 12.5. The quantitative estimate of drug-likeness (QED) is 0.914. The Morgan fingerprint density at radius 3 is 2.71 bits per heavy atom. The lowest BCUT2D eigenvalue weighted by atomic mass is 10.1. The van der Waals surface area contributed by atoms with E-state index in [0.29, 0.717) is 11.6 Å². The molecule has 0 spiro atoms. The van der Waals surface area contributed by atoms with Crippen LogP contribution < -0.4 is 10.5 Å². The molecule has 0 saturated heterocycles. The van der Waals surface area contributed by atoms with Gasteiger partial charge < -0.3 is 10.5 Å². The van der Waals surface area contributed by atoms with Crippen LogP contribution in [0.2, 0.25) is 5.02 Å². The van der Waals surface area contributed by atoms with Gasteiger partial charge in [-0.1, -0.05) is 23.7 Å². The van der Waals surface area contributed by atoms with E-state index in [1.165, 1.54) is 0 Å². The lowest BCUT2D eigenvalue weighted by Crippen LogP contribution is -2.10. The van der Waals surface area contributed by atoms with E-state index in [2.05, 4.69) is 5.10 Å². The molecule has 0 aliphatic carbocycles. The van der Waals surface area contributed by atoms with Gasteiger partial charge in [0.15, 0.2) is 0 Å². The van der Waals surface area contributed by atoms with E-state index in [-0.39, 0.29) is 6.04 Å². The van der Waals surface area contributed by atoms with Crippen molar-refractivity contribution in [2.45, 2.75) is 46.9 Å². The Hall–Kier alpha value is -1.52. The van der Waals surface area contributed by atoms with Crippen molar-refractivity contribution >= 4 is 11.6 Å². The zero-order valence-electron chi connectivity index (χ0n) is 13.0. The molecule has 1 heterocycles. The number of rotatable bonds is 5. The van der Waals surface area contributed by atoms with E-state index < -0.39 is 0 Å². The average molecular weight is 308 g/mol. The molecule has 0 amide bonds. The molecule has 5 heteroatoms. The van der Waals surface area contributed by atoms with Crippen LogP contribution in [0.1, 0.15) is 42.4 Å². The van der Waals surface area contributed by atoms with Crippen molar-refractivity contribution in [1.82, 2.24) is 9.78 Å². The van der Waals surface area contributed by atoms with Gasteiger partial charge in [-0.05, 0) is 39.3 Å². The van der Waals surface area contributed by atoms with Crippen LogP contribution in [0, 0.1) is 13.8 Å². The molecule has 4 nitrogen and oxygen atoms in total. The van der Waals surface area contributed by atoms with Gasteiger partial charge in [0.1, 0.15) is 12.4 Å². The van der Waals surface area contributed by atoms with Crippen LogP contribution >= 0.6 is 11.6 Å². The van der Waals surface area contributed by atoms with E-state index in [1.54, 1.807) is 0 Å². The van der Waals surface area contributed by atoms with Crippen LogP contribution in [0.15, 0.2) is 18.2 Å². The number of nitrogens with two attached hydrogens (primary N) is 1. The van der Waals surface area contributed by atoms with Gasteiger partial charge in [-0.2, -0.15) is 5.10 Å². The standard InChI is InChI=1S/C16H22ClN3O/c1-5-20-14(16(17)12(4)19-20)9-21-15-8-10(2)6-7-13(15)11(3)18/h6-8,11H,5,9,18H2,1-4H3/t11-/m1/s1. The number of aromatic nitrogens is 2. The van der Waals surface area contributed by atoms with Crippen molar-refractivity contribution in [3.05, 3.63) is 45.7 Å². The average Bonchev–Trinajstić information content (AvgIpc) is 2.71. The zero-order valence-corrected chi connectivity index (χ0v) is 13.7. The maximum absolute atomic E-state index is 6.30. The third-order valence-corrected chi connectivity index (χ3v) is 3.97. The van der Waals surface area contributed by atoms with Gasteiger partial charge in [-0.15, -0.1) is 0 Å². The summed E-state index contributed by atoms with van der Waals surface area (Å²) in [6.45, 7) is 9.07. The molecule has 0 bridgehead atoms. The van der Waals surface area contributed by atoms with Gasteiger partial charge in [0.2, 0.25) is 0 Å². The summed E-state index contributed by atoms with van der Waals surface area (Å²) in [5, 5.41) is 5.07. The second-order valence-corrected chi connectivity index (χ2v) is 5.66. The second-order valence-electron chi connectivity index (χ2n) is 5.28. The van der Waals surface area contributed by atoms with Gasteiger partial charge in [-0.25, -0.2) is 0 Å². The van der Waals surface area contributed by atoms with Crippen LogP contribution in [0.4, 0.5) is 0 Å². The van der Waals surface area contributed by atoms with Crippen molar-refractivity contribution in [3.63, 3.8) is 0 Å². The Balaban J connectivity index is 2.26. The van der Waals surface area contributed by atoms with Crippen LogP contribution in [-0.2, 0) is 13.2 Å². The van der Waals surface area contributed by atoms with E-state index in [1.807, 2.05) is 50.6 Å². The number of hydrogen-bond acceptors (Lipinski definition) is 3. The van der Waals surface area contributed by atoms with Crippen molar-refractivity contribution in [3.8, 4) is 5.75 Å². The molecule has 0 unspecified atom stereocenters. The van der Waals surface area contributed by atoms with Gasteiger partial charge >= 0.3 is 0 Å². The molecule has 2 aromatic rings. The van der Waals surface area contributed by atoms with Crippen LogP contribution in [-0.4, -0.2) is 9.78 Å². The first-order valence-electron chi connectivity index (χ1n) is 7.14. The highest BCUT2D eigenvalue weighted by molar-refractivity contribution is 6.31. The molecular weight excluding hydrogens is 286 g/mol. The fourth-order valence-electron chi connectivity index (χ4n) is 2.30. The third-order valence-electron chi connectivity index (χ3n) is 3.48. The first-order chi connectivity index (χ1) is 9.93. The number of halogens is 1. The lowest BCUT2D eigenvalue weighted by molar-refractivity contribution is 0.288. The number of hydrogen-bond donors (Lipinski definition) is 1. The summed E-state index contributed by atoms with van der Waals surface area (Å²) in [7, 11) is 0. The van der Waals surface area contributed by atoms with Gasteiger partial charge in [0, 0.05) is 18.2 Å². The molecule has 1 aromatic heterocycles. The summed E-state index contributed by atoms with van der Waals surface area (Å²) in [5.41, 5.74) is 9.86. The minimum atomic E-state index is -0.0751. The van der Waals surface area contributed by atoms with E-state index in [4.69, 9.17) is 22.1 Å². The summed E-state index contributed by atoms with van der Waals surface area (Å²) in [6.07, 6.45) is 0. The second kappa shape index (κ2) is 6.50. The highest BCUT2D eigenvalue weighted by Gasteiger charge is 2.15. The predicted molar refractivity (Wildman–Crippen MR) is 85.8 cm³/mol. The Kier molecular flexibility index (Phi) is 4.91. The summed E-state index contributed by atoms with van der Waals surface area (Å²) < 4.78 is 7.85. The van der Waals surface area contributed by atoms with Crippen LogP contribution in [0.25, 0.3) is 0 Å². The van der Waals surface area contributed by atoms with Gasteiger partial charge in [0.25, 0.3) is 0 Å². The topological polar surface area (TPSA) is 53.1 Å². The van der Waals surface area contributed by atoms with Crippen molar-refractivity contribution in [2.24, 2.45) is 5.73 Å². The predicted octanol–water partition coefficient (Wildman–Crippen LogP) is 3.77. The Morgan fingerprint density at radius 2 is 2.10 bits per heavy atom. The van der Waals surface area contributed by atoms with E-state index in [0.717, 1.165) is 34.8 Å². The van der Waals surface area contributed by atoms with Gasteiger partial charge in [0.05, 0.1) is 16.4 Å². The number of aryl methyl sites for hydroxylation is 3. The largest absolute Gasteiger partial charge is 0.487 e. The minimum absolute atomic E-state index is 0.0751. The van der Waals surface area contributed by atoms with Crippen molar-refractivity contribution < 1.29 is 4.74 Å². The maximum Gasteiger partial charge on any atom is 0.131 e. The SMILES string of the molecule is CCn1nc(C)c(Cl)c1COc1cc(C)ccc1[C@@H](C)N. The number of ether oxygens (including phenoxy) is 1. The number of nitrogens with zero attached hydrogens (tertiary/aromatic N) is 2. The summed E-state index contributed by atoms with van der Waals surface area (Å²) >= 11 is 6.30. The molecule has 2 rings (SSSR count). The minimum Gasteiger partial charge on any atom is -0.487 e. The maximum atomic E-state index is 6.30. The molecule has 1 aromatic carbocycles. The third kappa shape index (κ3) is 3.39. The fraction of sp³-hybridized carbons (Fsp3) is 0.438. The zero-order chi connectivity index (χ0) is 15.6. The van der Waals surface area contributed by atoms with E-state index in [9.17, 15) is 0 Å². The lowest BCUT2D eigenvalue weighted by Gasteiger charge is -2.15. The molecule has 0 fully saturated rings. The monoisotopic (exact) mass is 307 g/mol. The van der Waals surface area contributed by atoms with Crippen LogP contribution in [0.3, 0.4) is 0 Å². The van der Waals surface area contributed by atoms with E-state index >= 15 is 0 Å². The molecule has 21 heavy (non-hydrogen) atoms. The molecule has 1 atom stereocenters. The highest BCUT2D eigenvalue weighted by Crippen LogP contribution is 2.27. The molecule has 0 radical (unpaired) electrons. The van der Waals surface area contributed by atoms with Crippen LogP contribution in [0.5, 0.6) is 5.75 Å². The Morgan fingerprint density at radius 1 is 1.38 bits per heavy atom.